The Morgan fingerprint density at radius 1 is 0.654 bits per heavy atom. The number of phenolic OH excluding ortho intramolecular Hbond substituents is 1. The predicted octanol–water partition coefficient (Wildman–Crippen LogP) is 3.68. The molecule has 5 nitrogen and oxygen atoms in total. The zero-order valence-corrected chi connectivity index (χ0v) is 14.7. The molecule has 0 fully saturated rings. The minimum Gasteiger partial charge on any atom is -0.508 e. The van der Waals surface area contributed by atoms with Crippen molar-refractivity contribution in [2.24, 2.45) is 0 Å². The molecule has 0 unspecified atom stereocenters. The lowest BCUT2D eigenvalue weighted by Crippen LogP contribution is -2.09. The van der Waals surface area contributed by atoms with Gasteiger partial charge in [-0.25, -0.2) is 8.42 Å². The highest BCUT2D eigenvalue weighted by molar-refractivity contribution is 7.91. The summed E-state index contributed by atoms with van der Waals surface area (Å²) in [6, 6.07) is 21.1. The summed E-state index contributed by atoms with van der Waals surface area (Å²) in [4.78, 5) is 0.288. The van der Waals surface area contributed by atoms with E-state index in [0.29, 0.717) is 19.0 Å². The maximum Gasteiger partial charge on any atom is 0.206 e. The second kappa shape index (κ2) is 7.93. The first kappa shape index (κ1) is 17.8. The van der Waals surface area contributed by atoms with Crippen LogP contribution in [-0.4, -0.2) is 26.7 Å². The van der Waals surface area contributed by atoms with Crippen molar-refractivity contribution >= 4 is 9.84 Å². The van der Waals surface area contributed by atoms with Gasteiger partial charge in [-0.3, -0.25) is 0 Å². The van der Waals surface area contributed by atoms with Crippen LogP contribution in [0.2, 0.25) is 0 Å². The molecule has 0 spiro atoms. The summed E-state index contributed by atoms with van der Waals surface area (Å²) in [6.07, 6.45) is 0. The van der Waals surface area contributed by atoms with Gasteiger partial charge in [-0.05, 0) is 60.7 Å². The van der Waals surface area contributed by atoms with Gasteiger partial charge in [-0.1, -0.05) is 18.2 Å². The molecular weight excluding hydrogens is 352 g/mol. The van der Waals surface area contributed by atoms with E-state index < -0.39 is 9.84 Å². The van der Waals surface area contributed by atoms with Crippen LogP contribution in [-0.2, 0) is 9.84 Å². The van der Waals surface area contributed by atoms with E-state index in [-0.39, 0.29) is 15.5 Å². The smallest absolute Gasteiger partial charge is 0.206 e. The molecule has 0 radical (unpaired) electrons. The molecule has 0 aliphatic heterocycles. The van der Waals surface area contributed by atoms with Crippen LogP contribution in [0.25, 0.3) is 0 Å². The molecule has 0 heterocycles. The zero-order chi connectivity index (χ0) is 18.4. The van der Waals surface area contributed by atoms with E-state index in [2.05, 4.69) is 0 Å². The third-order valence-electron chi connectivity index (χ3n) is 3.65. The second-order valence-corrected chi connectivity index (χ2v) is 7.43. The molecule has 26 heavy (non-hydrogen) atoms. The summed E-state index contributed by atoms with van der Waals surface area (Å²) in [5.41, 5.74) is 0. The van der Waals surface area contributed by atoms with Crippen molar-refractivity contribution < 1.29 is 23.0 Å². The van der Waals surface area contributed by atoms with Gasteiger partial charge in [-0.2, -0.15) is 0 Å². The van der Waals surface area contributed by atoms with Crippen LogP contribution in [0, 0.1) is 0 Å². The Balaban J connectivity index is 1.58. The molecule has 3 aromatic carbocycles. The van der Waals surface area contributed by atoms with Crippen molar-refractivity contribution in [3.63, 3.8) is 0 Å². The van der Waals surface area contributed by atoms with E-state index in [9.17, 15) is 13.5 Å². The maximum atomic E-state index is 12.5. The molecule has 0 saturated carbocycles. The fourth-order valence-electron chi connectivity index (χ4n) is 2.31. The molecule has 6 heteroatoms. The SMILES string of the molecule is O=S(=O)(c1ccc(O)cc1)c1ccc(OCCOc2ccccc2)cc1. The fourth-order valence-corrected chi connectivity index (χ4v) is 3.57. The summed E-state index contributed by atoms with van der Waals surface area (Å²) in [5.74, 6) is 1.35. The van der Waals surface area contributed by atoms with Gasteiger partial charge in [-0.15, -0.1) is 0 Å². The summed E-state index contributed by atoms with van der Waals surface area (Å²) < 4.78 is 36.2. The lowest BCUT2D eigenvalue weighted by molar-refractivity contribution is 0.217. The van der Waals surface area contributed by atoms with Crippen LogP contribution in [0.5, 0.6) is 17.2 Å². The molecule has 3 aromatic rings. The standard InChI is InChI=1S/C20H18O5S/c21-16-6-10-19(11-7-16)26(22,23)20-12-8-18(9-13-20)25-15-14-24-17-4-2-1-3-5-17/h1-13,21H,14-15H2. The Labute approximate surface area is 152 Å². The summed E-state index contributed by atoms with van der Waals surface area (Å²) in [7, 11) is -3.63. The van der Waals surface area contributed by atoms with Gasteiger partial charge >= 0.3 is 0 Å². The Bertz CT molecular complexity index is 934. The van der Waals surface area contributed by atoms with Crippen molar-refractivity contribution in [2.75, 3.05) is 13.2 Å². The van der Waals surface area contributed by atoms with Crippen molar-refractivity contribution in [3.05, 3.63) is 78.9 Å². The lowest BCUT2D eigenvalue weighted by Gasteiger charge is -2.09. The van der Waals surface area contributed by atoms with E-state index in [1.807, 2.05) is 30.3 Å². The van der Waals surface area contributed by atoms with Crippen molar-refractivity contribution in [3.8, 4) is 17.2 Å². The van der Waals surface area contributed by atoms with Crippen LogP contribution in [0.15, 0.2) is 88.7 Å². The first-order valence-electron chi connectivity index (χ1n) is 8.00. The van der Waals surface area contributed by atoms with E-state index in [0.717, 1.165) is 5.75 Å². The van der Waals surface area contributed by atoms with Gasteiger partial charge in [0.25, 0.3) is 0 Å². The molecule has 0 aliphatic carbocycles. The Morgan fingerprint density at radius 3 is 1.65 bits per heavy atom. The Hall–Kier alpha value is -2.99. The maximum absolute atomic E-state index is 12.5. The highest BCUT2D eigenvalue weighted by Crippen LogP contribution is 2.24. The van der Waals surface area contributed by atoms with E-state index in [1.165, 1.54) is 36.4 Å². The van der Waals surface area contributed by atoms with Crippen LogP contribution in [0.4, 0.5) is 0 Å². The van der Waals surface area contributed by atoms with Crippen LogP contribution in [0.3, 0.4) is 0 Å². The van der Waals surface area contributed by atoms with Gasteiger partial charge in [0, 0.05) is 0 Å². The highest BCUT2D eigenvalue weighted by Gasteiger charge is 2.17. The molecule has 3 rings (SSSR count). The van der Waals surface area contributed by atoms with Crippen molar-refractivity contribution in [2.45, 2.75) is 9.79 Å². The summed E-state index contributed by atoms with van der Waals surface area (Å²) in [6.45, 7) is 0.733. The summed E-state index contributed by atoms with van der Waals surface area (Å²) >= 11 is 0. The summed E-state index contributed by atoms with van der Waals surface area (Å²) in [5, 5.41) is 9.28. The zero-order valence-electron chi connectivity index (χ0n) is 13.9. The molecule has 0 amide bonds. The molecule has 0 saturated heterocycles. The first-order valence-corrected chi connectivity index (χ1v) is 9.49. The average molecular weight is 370 g/mol. The quantitative estimate of drug-likeness (QED) is 0.642. The average Bonchev–Trinajstić information content (AvgIpc) is 2.67. The number of hydrogen-bond donors (Lipinski definition) is 1. The number of hydrogen-bond acceptors (Lipinski definition) is 5. The minimum atomic E-state index is -3.63. The number of rotatable bonds is 7. The highest BCUT2D eigenvalue weighted by atomic mass is 32.2. The van der Waals surface area contributed by atoms with E-state index >= 15 is 0 Å². The van der Waals surface area contributed by atoms with Gasteiger partial charge in [0.2, 0.25) is 9.84 Å². The molecule has 134 valence electrons. The fraction of sp³-hybridized carbons (Fsp3) is 0.100. The Kier molecular flexibility index (Phi) is 5.43. The first-order chi connectivity index (χ1) is 12.6. The third kappa shape index (κ3) is 4.34. The second-order valence-electron chi connectivity index (χ2n) is 5.48. The van der Waals surface area contributed by atoms with Gasteiger partial charge in [0.15, 0.2) is 0 Å². The van der Waals surface area contributed by atoms with Crippen LogP contribution >= 0.6 is 0 Å². The number of ether oxygens (including phenoxy) is 2. The molecule has 1 N–H and O–H groups in total. The molecule has 0 aliphatic rings. The topological polar surface area (TPSA) is 72.8 Å². The monoisotopic (exact) mass is 370 g/mol. The van der Waals surface area contributed by atoms with Crippen molar-refractivity contribution in [1.82, 2.24) is 0 Å². The number of aromatic hydroxyl groups is 1. The van der Waals surface area contributed by atoms with Gasteiger partial charge in [0.05, 0.1) is 9.79 Å². The number of benzene rings is 3. The third-order valence-corrected chi connectivity index (χ3v) is 5.43. The largest absolute Gasteiger partial charge is 0.508 e. The Morgan fingerprint density at radius 2 is 1.12 bits per heavy atom. The normalized spacial score (nSPS) is 11.1. The van der Waals surface area contributed by atoms with Crippen molar-refractivity contribution in [1.29, 1.82) is 0 Å². The van der Waals surface area contributed by atoms with Crippen LogP contribution in [0.1, 0.15) is 0 Å². The molecule has 0 atom stereocenters. The molecule has 0 bridgehead atoms. The lowest BCUT2D eigenvalue weighted by atomic mass is 10.3. The van der Waals surface area contributed by atoms with Gasteiger partial charge in [0.1, 0.15) is 30.5 Å². The minimum absolute atomic E-state index is 0.0189. The number of sulfone groups is 1. The molecule has 0 aromatic heterocycles. The van der Waals surface area contributed by atoms with E-state index in [4.69, 9.17) is 9.47 Å². The predicted molar refractivity (Wildman–Crippen MR) is 97.4 cm³/mol. The van der Waals surface area contributed by atoms with Crippen LogP contribution < -0.4 is 9.47 Å². The van der Waals surface area contributed by atoms with Gasteiger partial charge < -0.3 is 14.6 Å². The molecular formula is C20H18O5S. The number of para-hydroxylation sites is 1. The van der Waals surface area contributed by atoms with E-state index in [1.54, 1.807) is 12.1 Å². The number of phenols is 1.